The van der Waals surface area contributed by atoms with Crippen molar-refractivity contribution in [3.8, 4) is 0 Å². The van der Waals surface area contributed by atoms with Crippen LogP contribution in [0.1, 0.15) is 13.3 Å². The van der Waals surface area contributed by atoms with Crippen LogP contribution >= 0.6 is 0 Å². The van der Waals surface area contributed by atoms with Gasteiger partial charge in [0.05, 0.1) is 12.7 Å². The summed E-state index contributed by atoms with van der Waals surface area (Å²) in [6.45, 7) is 2.21. The zero-order chi connectivity index (χ0) is 8.69. The Morgan fingerprint density at radius 2 is 2.00 bits per heavy atom. The summed E-state index contributed by atoms with van der Waals surface area (Å²) < 4.78 is 0. The second-order valence-corrected chi connectivity index (χ2v) is 2.66. The van der Waals surface area contributed by atoms with E-state index in [1.54, 1.807) is 0 Å². The van der Waals surface area contributed by atoms with Crippen LogP contribution in [0.25, 0.3) is 0 Å². The van der Waals surface area contributed by atoms with E-state index in [9.17, 15) is 0 Å². The van der Waals surface area contributed by atoms with Gasteiger partial charge in [0.2, 0.25) is 0 Å². The van der Waals surface area contributed by atoms with Gasteiger partial charge in [-0.05, 0) is 13.3 Å². The molecule has 0 aromatic heterocycles. The van der Waals surface area contributed by atoms with Crippen molar-refractivity contribution in [2.75, 3.05) is 19.8 Å². The molecule has 0 saturated heterocycles. The van der Waals surface area contributed by atoms with Crippen LogP contribution in [0.15, 0.2) is 0 Å². The number of aliphatic hydroxyl groups is 3. The van der Waals surface area contributed by atoms with Crippen LogP contribution in [0.2, 0.25) is 0 Å². The van der Waals surface area contributed by atoms with E-state index in [1.807, 2.05) is 6.92 Å². The van der Waals surface area contributed by atoms with Crippen molar-refractivity contribution in [1.29, 1.82) is 0 Å². The first-order chi connectivity index (χ1) is 5.20. The van der Waals surface area contributed by atoms with Crippen LogP contribution in [-0.4, -0.2) is 47.2 Å². The van der Waals surface area contributed by atoms with Gasteiger partial charge >= 0.3 is 0 Å². The van der Waals surface area contributed by atoms with Gasteiger partial charge in [0, 0.05) is 19.2 Å². The zero-order valence-electron chi connectivity index (χ0n) is 6.82. The Morgan fingerprint density at radius 3 is 2.45 bits per heavy atom. The van der Waals surface area contributed by atoms with Gasteiger partial charge in [-0.15, -0.1) is 0 Å². The molecule has 0 radical (unpaired) electrons. The summed E-state index contributed by atoms with van der Waals surface area (Å²) in [5, 5.41) is 28.8. The summed E-state index contributed by atoms with van der Waals surface area (Å²) in [4.78, 5) is 0. The van der Waals surface area contributed by atoms with Crippen LogP contribution in [0.3, 0.4) is 0 Å². The van der Waals surface area contributed by atoms with Crippen LogP contribution in [-0.2, 0) is 0 Å². The third kappa shape index (κ3) is 6.25. The molecule has 4 nitrogen and oxygen atoms in total. The minimum Gasteiger partial charge on any atom is -0.396 e. The molecule has 0 spiro atoms. The van der Waals surface area contributed by atoms with Crippen LogP contribution in [0.4, 0.5) is 0 Å². The maximum Gasteiger partial charge on any atom is 0.0895 e. The number of aliphatic hydroxyl groups excluding tert-OH is 3. The lowest BCUT2D eigenvalue weighted by Gasteiger charge is -2.14. The summed E-state index contributed by atoms with van der Waals surface area (Å²) in [6, 6.07) is 0.182. The highest BCUT2D eigenvalue weighted by Gasteiger charge is 2.04. The lowest BCUT2D eigenvalue weighted by atomic mass is 10.2. The third-order valence-corrected chi connectivity index (χ3v) is 1.47. The average molecular weight is 163 g/mol. The Hall–Kier alpha value is -0.160. The second kappa shape index (κ2) is 6.54. The monoisotopic (exact) mass is 163 g/mol. The maximum atomic E-state index is 8.90. The highest BCUT2D eigenvalue weighted by molar-refractivity contribution is 4.63. The molecular weight excluding hydrogens is 146 g/mol. The molecule has 68 valence electrons. The lowest BCUT2D eigenvalue weighted by molar-refractivity contribution is 0.0913. The Morgan fingerprint density at radius 1 is 1.36 bits per heavy atom. The maximum absolute atomic E-state index is 8.90. The third-order valence-electron chi connectivity index (χ3n) is 1.47. The molecule has 0 aromatic carbocycles. The molecule has 2 atom stereocenters. The van der Waals surface area contributed by atoms with Crippen molar-refractivity contribution in [2.45, 2.75) is 25.5 Å². The fraction of sp³-hybridized carbons (Fsp3) is 1.00. The van der Waals surface area contributed by atoms with Crippen LogP contribution in [0, 0.1) is 0 Å². The van der Waals surface area contributed by atoms with Gasteiger partial charge in [0.15, 0.2) is 0 Å². The molecule has 0 aliphatic rings. The molecule has 0 aliphatic heterocycles. The molecule has 0 aromatic rings. The van der Waals surface area contributed by atoms with Crippen LogP contribution < -0.4 is 5.32 Å². The van der Waals surface area contributed by atoms with Crippen molar-refractivity contribution >= 4 is 0 Å². The standard InChI is InChI=1S/C7H17NO3/c1-6(2-3-9)8-4-7(11)5-10/h6-11H,2-5H2,1H3. The van der Waals surface area contributed by atoms with E-state index in [4.69, 9.17) is 15.3 Å². The first-order valence-electron chi connectivity index (χ1n) is 3.83. The smallest absolute Gasteiger partial charge is 0.0895 e. The first-order valence-corrected chi connectivity index (χ1v) is 3.83. The van der Waals surface area contributed by atoms with Crippen molar-refractivity contribution in [3.63, 3.8) is 0 Å². The highest BCUT2D eigenvalue weighted by atomic mass is 16.3. The predicted octanol–water partition coefficient (Wildman–Crippen LogP) is -1.30. The van der Waals surface area contributed by atoms with Crippen LogP contribution in [0.5, 0.6) is 0 Å². The number of hydrogen-bond donors (Lipinski definition) is 4. The normalized spacial score (nSPS) is 16.4. The SMILES string of the molecule is CC(CCO)NCC(O)CO. The summed E-state index contributed by atoms with van der Waals surface area (Å²) in [7, 11) is 0. The number of rotatable bonds is 6. The Kier molecular flexibility index (Phi) is 6.45. The molecule has 4 N–H and O–H groups in total. The summed E-state index contributed by atoms with van der Waals surface area (Å²) in [5.74, 6) is 0. The minimum atomic E-state index is -0.698. The number of nitrogens with one attached hydrogen (secondary N) is 1. The van der Waals surface area contributed by atoms with Gasteiger partial charge in [-0.3, -0.25) is 0 Å². The van der Waals surface area contributed by atoms with E-state index in [2.05, 4.69) is 5.32 Å². The summed E-state index contributed by atoms with van der Waals surface area (Å²) in [6.07, 6.45) is -0.0332. The minimum absolute atomic E-state index is 0.142. The van der Waals surface area contributed by atoms with Gasteiger partial charge in [-0.2, -0.15) is 0 Å². The molecule has 4 heteroatoms. The highest BCUT2D eigenvalue weighted by Crippen LogP contribution is 1.88. The fourth-order valence-electron chi connectivity index (χ4n) is 0.697. The second-order valence-electron chi connectivity index (χ2n) is 2.66. The van der Waals surface area contributed by atoms with Crippen molar-refractivity contribution in [2.24, 2.45) is 0 Å². The van der Waals surface area contributed by atoms with E-state index >= 15 is 0 Å². The van der Waals surface area contributed by atoms with Gasteiger partial charge in [-0.1, -0.05) is 0 Å². The molecule has 0 fully saturated rings. The van der Waals surface area contributed by atoms with E-state index in [0.717, 1.165) is 0 Å². The molecule has 2 unspecified atom stereocenters. The van der Waals surface area contributed by atoms with E-state index in [1.165, 1.54) is 0 Å². The number of hydrogen-bond acceptors (Lipinski definition) is 4. The van der Waals surface area contributed by atoms with Gasteiger partial charge in [0.25, 0.3) is 0 Å². The predicted molar refractivity (Wildman–Crippen MR) is 42.3 cm³/mol. The molecule has 11 heavy (non-hydrogen) atoms. The summed E-state index contributed by atoms with van der Waals surface area (Å²) >= 11 is 0. The van der Waals surface area contributed by atoms with Gasteiger partial charge < -0.3 is 20.6 Å². The fourth-order valence-corrected chi connectivity index (χ4v) is 0.697. The van der Waals surface area contributed by atoms with Crippen molar-refractivity contribution < 1.29 is 15.3 Å². The van der Waals surface area contributed by atoms with E-state index in [0.29, 0.717) is 13.0 Å². The average Bonchev–Trinajstić information content (AvgIpc) is 2.01. The van der Waals surface area contributed by atoms with E-state index in [-0.39, 0.29) is 19.3 Å². The van der Waals surface area contributed by atoms with Gasteiger partial charge in [-0.25, -0.2) is 0 Å². The van der Waals surface area contributed by atoms with Gasteiger partial charge in [0.1, 0.15) is 0 Å². The molecule has 0 rings (SSSR count). The Labute approximate surface area is 66.9 Å². The molecular formula is C7H17NO3. The summed E-state index contributed by atoms with van der Waals surface area (Å²) in [5.41, 5.74) is 0. The molecule has 0 amide bonds. The molecule has 0 heterocycles. The quantitative estimate of drug-likeness (QED) is 0.393. The first kappa shape index (κ1) is 10.8. The molecule has 0 bridgehead atoms. The lowest BCUT2D eigenvalue weighted by Crippen LogP contribution is -2.35. The Bertz CT molecular complexity index is 89.8. The molecule has 0 saturated carbocycles. The van der Waals surface area contributed by atoms with Crippen molar-refractivity contribution in [3.05, 3.63) is 0 Å². The Balaban J connectivity index is 3.22. The van der Waals surface area contributed by atoms with Crippen molar-refractivity contribution in [1.82, 2.24) is 5.32 Å². The topological polar surface area (TPSA) is 72.7 Å². The largest absolute Gasteiger partial charge is 0.396 e. The van der Waals surface area contributed by atoms with E-state index < -0.39 is 6.10 Å². The molecule has 0 aliphatic carbocycles. The zero-order valence-corrected chi connectivity index (χ0v) is 6.82.